The maximum atomic E-state index is 12.2. The molecule has 0 bridgehead atoms. The fourth-order valence-corrected chi connectivity index (χ4v) is 3.13. The van der Waals surface area contributed by atoms with Gasteiger partial charge in [-0.1, -0.05) is 65.8 Å². The van der Waals surface area contributed by atoms with Crippen molar-refractivity contribution in [3.63, 3.8) is 0 Å². The molecule has 4 nitrogen and oxygen atoms in total. The summed E-state index contributed by atoms with van der Waals surface area (Å²) >= 11 is 0. The normalized spacial score (nSPS) is 12.8. The second-order valence-corrected chi connectivity index (χ2v) is 9.50. The fourth-order valence-electron chi connectivity index (χ4n) is 2.32. The van der Waals surface area contributed by atoms with Crippen LogP contribution in [0, 0.1) is 0 Å². The van der Waals surface area contributed by atoms with E-state index in [0.29, 0.717) is 11.5 Å². The van der Waals surface area contributed by atoms with Crippen LogP contribution >= 0.6 is 7.82 Å². The molecule has 1 N–H and O–H groups in total. The quantitative estimate of drug-likeness (QED) is 0.694. The third-order valence-corrected chi connectivity index (χ3v) is 4.77. The van der Waals surface area contributed by atoms with Crippen LogP contribution in [0.15, 0.2) is 48.5 Å². The number of benzene rings is 2. The Kier molecular flexibility index (Phi) is 5.36. The van der Waals surface area contributed by atoms with Crippen molar-refractivity contribution in [1.82, 2.24) is 0 Å². The van der Waals surface area contributed by atoms with Gasteiger partial charge in [0.15, 0.2) is 0 Å². The number of hydrogen-bond acceptors (Lipinski definition) is 3. The summed E-state index contributed by atoms with van der Waals surface area (Å²) in [5.74, 6) is 0.593. The maximum Gasteiger partial charge on any atom is 0.584 e. The van der Waals surface area contributed by atoms with E-state index in [1.165, 1.54) is 0 Å². The van der Waals surface area contributed by atoms with Crippen molar-refractivity contribution >= 4 is 7.82 Å². The second-order valence-electron chi connectivity index (χ2n) is 8.20. The van der Waals surface area contributed by atoms with Crippen LogP contribution in [0.3, 0.4) is 0 Å². The summed E-state index contributed by atoms with van der Waals surface area (Å²) in [5.41, 5.74) is 2.25. The summed E-state index contributed by atoms with van der Waals surface area (Å²) in [6.45, 7) is 12.6. The zero-order valence-corrected chi connectivity index (χ0v) is 16.6. The van der Waals surface area contributed by atoms with Crippen molar-refractivity contribution in [3.8, 4) is 11.5 Å². The Hall–Kier alpha value is -1.77. The summed E-state index contributed by atoms with van der Waals surface area (Å²) in [7, 11) is -4.25. The molecule has 0 saturated carbocycles. The molecule has 0 amide bonds. The summed E-state index contributed by atoms with van der Waals surface area (Å²) < 4.78 is 22.5. The first-order valence-electron chi connectivity index (χ1n) is 8.30. The molecule has 0 fully saturated rings. The van der Waals surface area contributed by atoms with E-state index >= 15 is 0 Å². The summed E-state index contributed by atoms with van der Waals surface area (Å²) in [4.78, 5) is 9.99. The molecule has 5 heteroatoms. The molecule has 2 aromatic carbocycles. The van der Waals surface area contributed by atoms with Gasteiger partial charge in [0.05, 0.1) is 0 Å². The average Bonchev–Trinajstić information content (AvgIpc) is 2.45. The van der Waals surface area contributed by atoms with Crippen molar-refractivity contribution < 1.29 is 18.5 Å². The Morgan fingerprint density at radius 2 is 0.960 bits per heavy atom. The van der Waals surface area contributed by atoms with E-state index < -0.39 is 7.82 Å². The van der Waals surface area contributed by atoms with E-state index in [9.17, 15) is 9.46 Å². The van der Waals surface area contributed by atoms with Gasteiger partial charge in [0.1, 0.15) is 11.5 Å². The lowest BCUT2D eigenvalue weighted by atomic mass is 9.87. The van der Waals surface area contributed by atoms with Crippen LogP contribution < -0.4 is 9.05 Å². The number of phosphoric ester groups is 1. The minimum atomic E-state index is -4.25. The first-order valence-corrected chi connectivity index (χ1v) is 9.79. The molecule has 0 aliphatic heterocycles. The molecular formula is C20H27O4P. The van der Waals surface area contributed by atoms with Gasteiger partial charge in [-0.15, -0.1) is 0 Å². The second kappa shape index (κ2) is 6.86. The molecule has 136 valence electrons. The largest absolute Gasteiger partial charge is 0.584 e. The first kappa shape index (κ1) is 19.6. The molecule has 0 aliphatic carbocycles. The zero-order chi connectivity index (χ0) is 18.9. The summed E-state index contributed by atoms with van der Waals surface area (Å²) in [5, 5.41) is 0. The first-order chi connectivity index (χ1) is 11.4. The Morgan fingerprint density at radius 1 is 0.680 bits per heavy atom. The van der Waals surface area contributed by atoms with Crippen molar-refractivity contribution in [2.75, 3.05) is 0 Å². The highest BCUT2D eigenvalue weighted by Gasteiger charge is 2.26. The van der Waals surface area contributed by atoms with Crippen LogP contribution in [0.25, 0.3) is 0 Å². The van der Waals surface area contributed by atoms with Gasteiger partial charge < -0.3 is 9.05 Å². The molecule has 2 aromatic rings. The Balaban J connectivity index is 2.08. The van der Waals surface area contributed by atoms with Gasteiger partial charge >= 0.3 is 7.82 Å². The molecule has 0 radical (unpaired) electrons. The lowest BCUT2D eigenvalue weighted by Crippen LogP contribution is -2.10. The van der Waals surface area contributed by atoms with Gasteiger partial charge in [-0.3, -0.25) is 4.89 Å². The lowest BCUT2D eigenvalue weighted by molar-refractivity contribution is 0.291. The van der Waals surface area contributed by atoms with Crippen LogP contribution in [0.1, 0.15) is 52.7 Å². The van der Waals surface area contributed by atoms with Gasteiger partial charge in [0, 0.05) is 0 Å². The molecule has 0 heterocycles. The standard InChI is InChI=1S/C20H27O4P/c1-19(2,3)15-7-11-17(12-8-15)23-25(21,22)24-18-13-9-16(10-14-18)20(4,5)6/h7-14H,1-6H3,(H,21,22). The van der Waals surface area contributed by atoms with E-state index in [4.69, 9.17) is 9.05 Å². The van der Waals surface area contributed by atoms with E-state index in [1.54, 1.807) is 24.3 Å². The van der Waals surface area contributed by atoms with Crippen molar-refractivity contribution in [1.29, 1.82) is 0 Å². The Bertz CT molecular complexity index is 687. The monoisotopic (exact) mass is 362 g/mol. The number of hydrogen-bond donors (Lipinski definition) is 1. The van der Waals surface area contributed by atoms with Crippen LogP contribution in [0.5, 0.6) is 11.5 Å². The van der Waals surface area contributed by atoms with Crippen LogP contribution in [-0.2, 0) is 15.4 Å². The number of rotatable bonds is 4. The van der Waals surface area contributed by atoms with E-state index in [1.807, 2.05) is 24.3 Å². The maximum absolute atomic E-state index is 12.2. The highest BCUT2D eigenvalue weighted by atomic mass is 31.2. The van der Waals surface area contributed by atoms with Gasteiger partial charge in [-0.25, -0.2) is 4.57 Å². The third-order valence-electron chi connectivity index (χ3n) is 3.88. The van der Waals surface area contributed by atoms with E-state index in [-0.39, 0.29) is 10.8 Å². The summed E-state index contributed by atoms with van der Waals surface area (Å²) in [6.07, 6.45) is 0. The molecule has 25 heavy (non-hydrogen) atoms. The predicted octanol–water partition coefficient (Wildman–Crippen LogP) is 5.84. The molecule has 0 atom stereocenters. The molecular weight excluding hydrogens is 335 g/mol. The highest BCUT2D eigenvalue weighted by Crippen LogP contribution is 2.44. The van der Waals surface area contributed by atoms with E-state index in [0.717, 1.165) is 11.1 Å². The third kappa shape index (κ3) is 5.62. The summed E-state index contributed by atoms with van der Waals surface area (Å²) in [6, 6.07) is 14.2. The minimum absolute atomic E-state index is 0.00669. The van der Waals surface area contributed by atoms with Crippen molar-refractivity contribution in [3.05, 3.63) is 59.7 Å². The molecule has 0 spiro atoms. The molecule has 0 aliphatic rings. The Morgan fingerprint density at radius 3 is 1.20 bits per heavy atom. The lowest BCUT2D eigenvalue weighted by Gasteiger charge is -2.20. The van der Waals surface area contributed by atoms with Crippen LogP contribution in [0.2, 0.25) is 0 Å². The predicted molar refractivity (Wildman–Crippen MR) is 101 cm³/mol. The van der Waals surface area contributed by atoms with Crippen LogP contribution in [-0.4, -0.2) is 4.89 Å². The van der Waals surface area contributed by atoms with Gasteiger partial charge in [0.2, 0.25) is 0 Å². The SMILES string of the molecule is CC(C)(C)c1ccc(OP(=O)(O)Oc2ccc(C(C)(C)C)cc2)cc1. The highest BCUT2D eigenvalue weighted by molar-refractivity contribution is 7.48. The Labute approximate surface area is 150 Å². The van der Waals surface area contributed by atoms with Gasteiger partial charge in [-0.2, -0.15) is 0 Å². The van der Waals surface area contributed by atoms with E-state index in [2.05, 4.69) is 41.5 Å². The van der Waals surface area contributed by atoms with Gasteiger partial charge in [-0.05, 0) is 46.2 Å². The minimum Gasteiger partial charge on any atom is -0.395 e. The van der Waals surface area contributed by atoms with Crippen LogP contribution in [0.4, 0.5) is 0 Å². The van der Waals surface area contributed by atoms with Gasteiger partial charge in [0.25, 0.3) is 0 Å². The topological polar surface area (TPSA) is 55.8 Å². The molecule has 0 saturated heterocycles. The average molecular weight is 362 g/mol. The van der Waals surface area contributed by atoms with Crippen molar-refractivity contribution in [2.24, 2.45) is 0 Å². The number of phosphoric acid groups is 1. The fraction of sp³-hybridized carbons (Fsp3) is 0.400. The molecule has 0 aromatic heterocycles. The molecule has 2 rings (SSSR count). The smallest absolute Gasteiger partial charge is 0.395 e. The van der Waals surface area contributed by atoms with Crippen molar-refractivity contribution in [2.45, 2.75) is 52.4 Å². The molecule has 0 unspecified atom stereocenters. The zero-order valence-electron chi connectivity index (χ0n) is 15.7.